The number of nitrogens with one attached hydrogen (secondary N) is 1. The molecular weight excluding hydrogens is 396 g/mol. The molecule has 5 rings (SSSR count). The first-order valence-electron chi connectivity index (χ1n) is 10.1. The van der Waals surface area contributed by atoms with Crippen LogP contribution in [0.2, 0.25) is 0 Å². The van der Waals surface area contributed by atoms with Crippen molar-refractivity contribution in [2.45, 2.75) is 19.4 Å². The number of rotatable bonds is 3. The van der Waals surface area contributed by atoms with Gasteiger partial charge in [-0.05, 0) is 24.3 Å². The van der Waals surface area contributed by atoms with Gasteiger partial charge >= 0.3 is 6.03 Å². The predicted molar refractivity (Wildman–Crippen MR) is 112 cm³/mol. The van der Waals surface area contributed by atoms with Crippen LogP contribution in [0.15, 0.2) is 59.0 Å². The Morgan fingerprint density at radius 3 is 2.55 bits per heavy atom. The maximum Gasteiger partial charge on any atom is 0.328 e. The number of para-hydroxylation sites is 1. The molecule has 0 saturated carbocycles. The molecule has 1 aromatic heterocycles. The predicted octanol–water partition coefficient (Wildman–Crippen LogP) is 2.99. The highest BCUT2D eigenvalue weighted by molar-refractivity contribution is 6.09. The molecule has 0 unspecified atom stereocenters. The van der Waals surface area contributed by atoms with Crippen LogP contribution in [0, 0.1) is 0 Å². The van der Waals surface area contributed by atoms with E-state index in [9.17, 15) is 14.4 Å². The van der Waals surface area contributed by atoms with Crippen molar-refractivity contribution in [1.29, 1.82) is 0 Å². The molecule has 156 valence electrons. The number of carbonyl (C=O) groups excluding carboxylic acids is 3. The van der Waals surface area contributed by atoms with Crippen molar-refractivity contribution in [3.63, 3.8) is 0 Å². The second-order valence-electron chi connectivity index (χ2n) is 7.50. The SMILES string of the molecule is O=C1CCN(c2ccccc2C(=O)N2CCc3oc(-c4ccccc4)nc3C2)C(=O)N1. The van der Waals surface area contributed by atoms with Crippen LogP contribution in [-0.2, 0) is 17.8 Å². The summed E-state index contributed by atoms with van der Waals surface area (Å²) in [6.45, 7) is 1.07. The zero-order chi connectivity index (χ0) is 21.4. The first-order valence-corrected chi connectivity index (χ1v) is 10.1. The number of hydrogen-bond donors (Lipinski definition) is 1. The average Bonchev–Trinajstić information content (AvgIpc) is 3.23. The van der Waals surface area contributed by atoms with E-state index in [1.165, 1.54) is 4.90 Å². The summed E-state index contributed by atoms with van der Waals surface area (Å²) in [5, 5.41) is 2.31. The van der Waals surface area contributed by atoms with E-state index in [1.54, 1.807) is 29.2 Å². The Morgan fingerprint density at radius 1 is 0.968 bits per heavy atom. The summed E-state index contributed by atoms with van der Waals surface area (Å²) in [6.07, 6.45) is 0.768. The summed E-state index contributed by atoms with van der Waals surface area (Å²) in [5.41, 5.74) is 2.55. The third-order valence-corrected chi connectivity index (χ3v) is 5.51. The van der Waals surface area contributed by atoms with E-state index in [0.29, 0.717) is 36.7 Å². The van der Waals surface area contributed by atoms with Crippen molar-refractivity contribution in [3.8, 4) is 11.5 Å². The Kier molecular flexibility index (Phi) is 4.74. The van der Waals surface area contributed by atoms with Gasteiger partial charge in [0.05, 0.1) is 17.8 Å². The minimum absolute atomic E-state index is 0.185. The third kappa shape index (κ3) is 3.56. The number of aromatic nitrogens is 1. The Hall–Kier alpha value is -3.94. The highest BCUT2D eigenvalue weighted by atomic mass is 16.4. The molecule has 3 aromatic rings. The zero-order valence-electron chi connectivity index (χ0n) is 16.7. The number of benzene rings is 2. The van der Waals surface area contributed by atoms with Gasteiger partial charge in [-0.25, -0.2) is 9.78 Å². The molecule has 3 heterocycles. The van der Waals surface area contributed by atoms with Gasteiger partial charge < -0.3 is 9.32 Å². The molecule has 4 amide bonds. The van der Waals surface area contributed by atoms with Crippen LogP contribution in [0.3, 0.4) is 0 Å². The zero-order valence-corrected chi connectivity index (χ0v) is 16.7. The number of anilines is 1. The molecule has 0 spiro atoms. The molecule has 2 aliphatic heterocycles. The number of carbonyl (C=O) groups is 3. The molecule has 1 fully saturated rings. The third-order valence-electron chi connectivity index (χ3n) is 5.51. The Balaban J connectivity index is 1.40. The molecule has 2 aliphatic rings. The minimum atomic E-state index is -0.513. The van der Waals surface area contributed by atoms with Crippen LogP contribution in [0.25, 0.3) is 11.5 Å². The van der Waals surface area contributed by atoms with Crippen molar-refractivity contribution in [1.82, 2.24) is 15.2 Å². The number of amides is 4. The molecule has 0 atom stereocenters. The van der Waals surface area contributed by atoms with Crippen LogP contribution in [0.1, 0.15) is 28.2 Å². The second kappa shape index (κ2) is 7.71. The van der Waals surface area contributed by atoms with Crippen LogP contribution < -0.4 is 10.2 Å². The van der Waals surface area contributed by atoms with Gasteiger partial charge in [-0.3, -0.25) is 19.8 Å². The lowest BCUT2D eigenvalue weighted by Crippen LogP contribution is -2.50. The normalized spacial score (nSPS) is 16.1. The number of imide groups is 1. The first-order chi connectivity index (χ1) is 15.1. The van der Waals surface area contributed by atoms with E-state index in [2.05, 4.69) is 10.3 Å². The molecule has 8 nitrogen and oxygen atoms in total. The molecule has 1 saturated heterocycles. The lowest BCUT2D eigenvalue weighted by atomic mass is 10.1. The van der Waals surface area contributed by atoms with E-state index >= 15 is 0 Å². The summed E-state index contributed by atoms with van der Waals surface area (Å²) in [5.74, 6) is 0.851. The molecule has 0 bridgehead atoms. The number of oxazole rings is 1. The maximum absolute atomic E-state index is 13.4. The summed E-state index contributed by atoms with van der Waals surface area (Å²) in [4.78, 5) is 44.9. The Labute approximate surface area is 178 Å². The Bertz CT molecular complexity index is 1170. The van der Waals surface area contributed by atoms with E-state index in [-0.39, 0.29) is 24.8 Å². The number of hydrogen-bond acceptors (Lipinski definition) is 5. The van der Waals surface area contributed by atoms with Gasteiger partial charge in [0.15, 0.2) is 0 Å². The molecule has 0 radical (unpaired) electrons. The average molecular weight is 416 g/mol. The quantitative estimate of drug-likeness (QED) is 0.708. The molecule has 0 aliphatic carbocycles. The molecule has 2 aromatic carbocycles. The Morgan fingerprint density at radius 2 is 1.74 bits per heavy atom. The van der Waals surface area contributed by atoms with Crippen molar-refractivity contribution in [3.05, 3.63) is 71.6 Å². The van der Waals surface area contributed by atoms with Crippen LogP contribution >= 0.6 is 0 Å². The highest BCUT2D eigenvalue weighted by Crippen LogP contribution is 2.29. The van der Waals surface area contributed by atoms with Crippen molar-refractivity contribution in [2.75, 3.05) is 18.0 Å². The monoisotopic (exact) mass is 416 g/mol. The lowest BCUT2D eigenvalue weighted by molar-refractivity contribution is -0.120. The highest BCUT2D eigenvalue weighted by Gasteiger charge is 2.31. The van der Waals surface area contributed by atoms with Gasteiger partial charge in [0.2, 0.25) is 11.8 Å². The van der Waals surface area contributed by atoms with E-state index in [4.69, 9.17) is 4.42 Å². The number of urea groups is 1. The van der Waals surface area contributed by atoms with E-state index in [1.807, 2.05) is 30.3 Å². The van der Waals surface area contributed by atoms with Gasteiger partial charge in [0.25, 0.3) is 5.91 Å². The molecule has 1 N–H and O–H groups in total. The second-order valence-corrected chi connectivity index (χ2v) is 7.50. The fourth-order valence-corrected chi connectivity index (χ4v) is 3.93. The topological polar surface area (TPSA) is 95.8 Å². The van der Waals surface area contributed by atoms with E-state index < -0.39 is 6.03 Å². The largest absolute Gasteiger partial charge is 0.441 e. The van der Waals surface area contributed by atoms with Crippen LogP contribution in [0.4, 0.5) is 10.5 Å². The lowest BCUT2D eigenvalue weighted by Gasteiger charge is -2.30. The minimum Gasteiger partial charge on any atom is -0.441 e. The van der Waals surface area contributed by atoms with Gasteiger partial charge in [0.1, 0.15) is 11.5 Å². The summed E-state index contributed by atoms with van der Waals surface area (Å²) < 4.78 is 5.93. The van der Waals surface area contributed by atoms with E-state index in [0.717, 1.165) is 17.0 Å². The first kappa shape index (κ1) is 19.0. The van der Waals surface area contributed by atoms with Crippen LogP contribution in [0.5, 0.6) is 0 Å². The van der Waals surface area contributed by atoms with Crippen molar-refractivity contribution in [2.24, 2.45) is 0 Å². The standard InChI is InChI=1S/C23H20N4O4/c28-20-11-13-27(23(30)25-20)18-9-5-4-8-16(18)22(29)26-12-10-19-17(14-26)24-21(31-19)15-6-2-1-3-7-15/h1-9H,10-14H2,(H,25,28,30). The van der Waals surface area contributed by atoms with Gasteiger partial charge in [-0.2, -0.15) is 0 Å². The van der Waals surface area contributed by atoms with Gasteiger partial charge in [-0.1, -0.05) is 30.3 Å². The van der Waals surface area contributed by atoms with Crippen LogP contribution in [-0.4, -0.2) is 40.8 Å². The van der Waals surface area contributed by atoms with Crippen molar-refractivity contribution >= 4 is 23.5 Å². The fourth-order valence-electron chi connectivity index (χ4n) is 3.93. The van der Waals surface area contributed by atoms with Gasteiger partial charge in [0, 0.05) is 31.5 Å². The number of nitrogens with zero attached hydrogens (tertiary/aromatic N) is 3. The molecule has 8 heteroatoms. The summed E-state index contributed by atoms with van der Waals surface area (Å²) >= 11 is 0. The maximum atomic E-state index is 13.4. The fraction of sp³-hybridized carbons (Fsp3) is 0.217. The molecule has 31 heavy (non-hydrogen) atoms. The van der Waals surface area contributed by atoms with Crippen molar-refractivity contribution < 1.29 is 18.8 Å². The summed E-state index contributed by atoms with van der Waals surface area (Å²) in [6, 6.07) is 16.1. The molecular formula is C23H20N4O4. The summed E-state index contributed by atoms with van der Waals surface area (Å²) in [7, 11) is 0. The smallest absolute Gasteiger partial charge is 0.328 e. The number of fused-ring (bicyclic) bond motifs is 1. The van der Waals surface area contributed by atoms with Gasteiger partial charge in [-0.15, -0.1) is 0 Å².